The number of hydrogen-bond acceptors (Lipinski definition) is 6. The van der Waals surface area contributed by atoms with Crippen LogP contribution >= 0.6 is 0 Å². The van der Waals surface area contributed by atoms with Crippen molar-refractivity contribution in [3.63, 3.8) is 0 Å². The fraction of sp³-hybridized carbons (Fsp3) is 0.948. The van der Waals surface area contributed by atoms with E-state index in [1.807, 2.05) is 0 Å². The van der Waals surface area contributed by atoms with E-state index >= 15 is 0 Å². The van der Waals surface area contributed by atoms with E-state index in [1.165, 1.54) is 199 Å². The van der Waals surface area contributed by atoms with Gasteiger partial charge in [0.05, 0.1) is 0 Å². The maximum Gasteiger partial charge on any atom is 0.306 e. The summed E-state index contributed by atoms with van der Waals surface area (Å²) in [6, 6.07) is 0. The van der Waals surface area contributed by atoms with Gasteiger partial charge >= 0.3 is 17.9 Å². The van der Waals surface area contributed by atoms with Crippen LogP contribution in [0, 0.1) is 17.8 Å². The minimum Gasteiger partial charge on any atom is -0.462 e. The lowest BCUT2D eigenvalue weighted by Crippen LogP contribution is -2.30. The highest BCUT2D eigenvalue weighted by Crippen LogP contribution is 2.18. The second kappa shape index (κ2) is 49.3. The monoisotopic (exact) mass is 905 g/mol. The normalized spacial score (nSPS) is 12.1. The SMILES string of the molecule is CC(C)CCCCCCCCCCCCCCCCCCC(=O)OC[C@@H](COC(=O)CCCCCCCCCCCCCC(C)C)OC(=O)CCCCCCCCCCCCC(C)C. The Morgan fingerprint density at radius 3 is 0.672 bits per heavy atom. The van der Waals surface area contributed by atoms with Crippen molar-refractivity contribution in [2.75, 3.05) is 13.2 Å². The molecular weight excluding hydrogens is 793 g/mol. The van der Waals surface area contributed by atoms with Gasteiger partial charge in [-0.15, -0.1) is 0 Å². The van der Waals surface area contributed by atoms with Crippen molar-refractivity contribution in [3.05, 3.63) is 0 Å². The highest BCUT2D eigenvalue weighted by atomic mass is 16.6. The number of ether oxygens (including phenoxy) is 3. The van der Waals surface area contributed by atoms with E-state index in [1.54, 1.807) is 0 Å². The van der Waals surface area contributed by atoms with Crippen LogP contribution in [0.2, 0.25) is 0 Å². The van der Waals surface area contributed by atoms with Crippen molar-refractivity contribution >= 4 is 17.9 Å². The van der Waals surface area contributed by atoms with E-state index in [0.717, 1.165) is 75.5 Å². The molecule has 0 bridgehead atoms. The third kappa shape index (κ3) is 51.4. The molecule has 0 amide bonds. The quantitative estimate of drug-likeness (QED) is 0.0344. The van der Waals surface area contributed by atoms with Gasteiger partial charge in [0, 0.05) is 19.3 Å². The van der Waals surface area contributed by atoms with Gasteiger partial charge in [-0.25, -0.2) is 0 Å². The molecule has 0 saturated heterocycles. The topological polar surface area (TPSA) is 78.9 Å². The fourth-order valence-corrected chi connectivity index (χ4v) is 8.82. The summed E-state index contributed by atoms with van der Waals surface area (Å²) in [5.41, 5.74) is 0. The van der Waals surface area contributed by atoms with E-state index in [2.05, 4.69) is 41.5 Å². The maximum atomic E-state index is 12.8. The molecular formula is C58H112O6. The van der Waals surface area contributed by atoms with Gasteiger partial charge in [0.2, 0.25) is 0 Å². The Morgan fingerprint density at radius 1 is 0.266 bits per heavy atom. The largest absolute Gasteiger partial charge is 0.462 e. The molecule has 0 rings (SSSR count). The number of unbranched alkanes of at least 4 members (excludes halogenated alkanes) is 34. The average molecular weight is 906 g/mol. The molecule has 0 aliphatic rings. The van der Waals surface area contributed by atoms with Crippen LogP contribution < -0.4 is 0 Å². The molecule has 6 heteroatoms. The zero-order valence-corrected chi connectivity index (χ0v) is 44.1. The average Bonchev–Trinajstić information content (AvgIpc) is 3.25. The second-order valence-corrected chi connectivity index (χ2v) is 21.4. The molecule has 0 aliphatic carbocycles. The molecule has 0 saturated carbocycles. The number of carbonyl (C=O) groups is 3. The molecule has 380 valence electrons. The molecule has 0 heterocycles. The summed E-state index contributed by atoms with van der Waals surface area (Å²) in [6.07, 6.45) is 51.0. The lowest BCUT2D eigenvalue weighted by atomic mass is 10.0. The van der Waals surface area contributed by atoms with E-state index in [0.29, 0.717) is 19.3 Å². The zero-order valence-electron chi connectivity index (χ0n) is 44.1. The van der Waals surface area contributed by atoms with Gasteiger partial charge in [0.15, 0.2) is 6.10 Å². The minimum absolute atomic E-state index is 0.0638. The predicted molar refractivity (Wildman–Crippen MR) is 275 cm³/mol. The van der Waals surface area contributed by atoms with Crippen LogP contribution in [0.1, 0.15) is 318 Å². The molecule has 0 unspecified atom stereocenters. The third-order valence-electron chi connectivity index (χ3n) is 13.1. The number of rotatable bonds is 51. The zero-order chi connectivity index (χ0) is 47.0. The van der Waals surface area contributed by atoms with E-state index in [9.17, 15) is 14.4 Å². The lowest BCUT2D eigenvalue weighted by Gasteiger charge is -2.18. The molecule has 0 aromatic rings. The van der Waals surface area contributed by atoms with Crippen LogP contribution in [-0.4, -0.2) is 37.2 Å². The van der Waals surface area contributed by atoms with Crippen molar-refractivity contribution in [1.29, 1.82) is 0 Å². The van der Waals surface area contributed by atoms with Gasteiger partial charge in [-0.2, -0.15) is 0 Å². The van der Waals surface area contributed by atoms with Gasteiger partial charge in [-0.3, -0.25) is 14.4 Å². The van der Waals surface area contributed by atoms with Crippen LogP contribution in [0.5, 0.6) is 0 Å². The first-order valence-electron chi connectivity index (χ1n) is 28.6. The van der Waals surface area contributed by atoms with E-state index < -0.39 is 6.10 Å². The lowest BCUT2D eigenvalue weighted by molar-refractivity contribution is -0.167. The number of hydrogen-bond donors (Lipinski definition) is 0. The Labute approximate surface area is 399 Å². The summed E-state index contributed by atoms with van der Waals surface area (Å²) < 4.78 is 16.9. The smallest absolute Gasteiger partial charge is 0.306 e. The van der Waals surface area contributed by atoms with Gasteiger partial charge in [0.25, 0.3) is 0 Å². The van der Waals surface area contributed by atoms with Crippen LogP contribution in [0.4, 0.5) is 0 Å². The molecule has 1 atom stereocenters. The van der Waals surface area contributed by atoms with Crippen LogP contribution in [0.25, 0.3) is 0 Å². The van der Waals surface area contributed by atoms with Gasteiger partial charge < -0.3 is 14.2 Å². The fourth-order valence-electron chi connectivity index (χ4n) is 8.82. The molecule has 0 fully saturated rings. The predicted octanol–water partition coefficient (Wildman–Crippen LogP) is 18.7. The first kappa shape index (κ1) is 62.4. The summed E-state index contributed by atoms with van der Waals surface area (Å²) in [7, 11) is 0. The second-order valence-electron chi connectivity index (χ2n) is 21.4. The molecule has 0 radical (unpaired) electrons. The van der Waals surface area contributed by atoms with Crippen molar-refractivity contribution < 1.29 is 28.6 Å². The van der Waals surface area contributed by atoms with E-state index in [4.69, 9.17) is 14.2 Å². The van der Waals surface area contributed by atoms with Gasteiger partial charge in [-0.05, 0) is 37.0 Å². The van der Waals surface area contributed by atoms with Crippen LogP contribution in [0.15, 0.2) is 0 Å². The minimum atomic E-state index is -0.763. The van der Waals surface area contributed by atoms with Crippen molar-refractivity contribution in [2.45, 2.75) is 324 Å². The summed E-state index contributed by atoms with van der Waals surface area (Å²) >= 11 is 0. The summed E-state index contributed by atoms with van der Waals surface area (Å²) in [4.78, 5) is 38.1. The van der Waals surface area contributed by atoms with Gasteiger partial charge in [0.1, 0.15) is 13.2 Å². The molecule has 64 heavy (non-hydrogen) atoms. The van der Waals surface area contributed by atoms with E-state index in [-0.39, 0.29) is 31.1 Å². The molecule has 0 N–H and O–H groups in total. The summed E-state index contributed by atoms with van der Waals surface area (Å²) in [5.74, 6) is 1.65. The summed E-state index contributed by atoms with van der Waals surface area (Å²) in [6.45, 7) is 13.7. The van der Waals surface area contributed by atoms with Crippen LogP contribution in [-0.2, 0) is 28.6 Å². The Bertz CT molecular complexity index is 991. The number of esters is 3. The van der Waals surface area contributed by atoms with Crippen molar-refractivity contribution in [2.24, 2.45) is 17.8 Å². The Hall–Kier alpha value is -1.59. The molecule has 0 aliphatic heterocycles. The molecule has 0 aromatic carbocycles. The first-order chi connectivity index (χ1) is 31.1. The van der Waals surface area contributed by atoms with Crippen molar-refractivity contribution in [3.8, 4) is 0 Å². The maximum absolute atomic E-state index is 12.8. The molecule has 0 aromatic heterocycles. The molecule has 0 spiro atoms. The highest BCUT2D eigenvalue weighted by molar-refractivity contribution is 5.71. The summed E-state index contributed by atoms with van der Waals surface area (Å²) in [5, 5.41) is 0. The Kier molecular flexibility index (Phi) is 48.1. The van der Waals surface area contributed by atoms with Gasteiger partial charge in [-0.1, -0.05) is 279 Å². The van der Waals surface area contributed by atoms with Crippen LogP contribution in [0.3, 0.4) is 0 Å². The Morgan fingerprint density at radius 2 is 0.453 bits per heavy atom. The third-order valence-corrected chi connectivity index (χ3v) is 13.1. The highest BCUT2D eigenvalue weighted by Gasteiger charge is 2.19. The number of carbonyl (C=O) groups excluding carboxylic acids is 3. The first-order valence-corrected chi connectivity index (χ1v) is 28.6. The molecule has 6 nitrogen and oxygen atoms in total. The Balaban J connectivity index is 4.27. The standard InChI is InChI=1S/C58H112O6/c1-52(2)44-38-32-26-20-14-11-9-7-8-10-12-16-23-29-35-41-47-56(59)62-50-55(64-58(61)49-43-37-31-25-19-18-22-28-34-40-46-54(5)6)51-63-57(60)48-42-36-30-24-17-13-15-21-27-33-39-45-53(3)4/h52-55H,7-51H2,1-6H3/t55-/m0/s1. The van der Waals surface area contributed by atoms with Crippen molar-refractivity contribution in [1.82, 2.24) is 0 Å².